The maximum Gasteiger partial charge on any atom is 0.326 e. The van der Waals surface area contributed by atoms with E-state index in [1.165, 1.54) is 5.56 Å². The van der Waals surface area contributed by atoms with Gasteiger partial charge in [-0.1, -0.05) is 0 Å². The molecule has 0 saturated heterocycles. The Balaban J connectivity index is 2.65. The summed E-state index contributed by atoms with van der Waals surface area (Å²) in [5, 5.41) is 8.99. The Morgan fingerprint density at radius 1 is 1.38 bits per heavy atom. The molecule has 16 heavy (non-hydrogen) atoms. The van der Waals surface area contributed by atoms with Gasteiger partial charge < -0.3 is 9.67 Å². The average molecular weight is 218 g/mol. The second kappa shape index (κ2) is 3.63. The van der Waals surface area contributed by atoms with Gasteiger partial charge in [-0.25, -0.2) is 9.78 Å². The van der Waals surface area contributed by atoms with Crippen LogP contribution in [-0.2, 0) is 4.79 Å². The quantitative estimate of drug-likeness (QED) is 0.841. The molecule has 0 unspecified atom stereocenters. The number of nitrogens with zero attached hydrogens (tertiary/aromatic N) is 2. The summed E-state index contributed by atoms with van der Waals surface area (Å²) in [6, 6.07) is 3.37. The summed E-state index contributed by atoms with van der Waals surface area (Å²) in [5.74, 6) is -0.850. The molecule has 1 N–H and O–H groups in total. The van der Waals surface area contributed by atoms with Gasteiger partial charge in [0.1, 0.15) is 6.04 Å². The van der Waals surface area contributed by atoms with Gasteiger partial charge in [0.25, 0.3) is 0 Å². The number of rotatable bonds is 2. The van der Waals surface area contributed by atoms with E-state index in [0.717, 1.165) is 16.6 Å². The number of benzene rings is 1. The Morgan fingerprint density at radius 2 is 2.00 bits per heavy atom. The van der Waals surface area contributed by atoms with Crippen molar-refractivity contribution in [2.24, 2.45) is 0 Å². The lowest BCUT2D eigenvalue weighted by Crippen LogP contribution is -2.14. The summed E-state index contributed by atoms with van der Waals surface area (Å²) in [4.78, 5) is 15.2. The van der Waals surface area contributed by atoms with Crippen molar-refractivity contribution in [1.29, 1.82) is 0 Å². The molecule has 1 atom stereocenters. The van der Waals surface area contributed by atoms with Gasteiger partial charge >= 0.3 is 5.97 Å². The highest BCUT2D eigenvalue weighted by Gasteiger charge is 2.16. The molecule has 0 amide bonds. The van der Waals surface area contributed by atoms with E-state index in [9.17, 15) is 4.79 Å². The van der Waals surface area contributed by atoms with Crippen molar-refractivity contribution in [1.82, 2.24) is 9.55 Å². The molecular formula is C12H14N2O2. The number of hydrogen-bond donors (Lipinski definition) is 1. The number of hydrogen-bond acceptors (Lipinski definition) is 2. The Bertz CT molecular complexity index is 557. The molecule has 1 heterocycles. The van der Waals surface area contributed by atoms with E-state index in [2.05, 4.69) is 4.98 Å². The number of imidazole rings is 1. The smallest absolute Gasteiger partial charge is 0.326 e. The molecule has 0 aliphatic rings. The van der Waals surface area contributed by atoms with Crippen molar-refractivity contribution in [3.8, 4) is 0 Å². The number of carboxylic acids is 1. The van der Waals surface area contributed by atoms with Crippen molar-refractivity contribution >= 4 is 17.0 Å². The minimum atomic E-state index is -0.850. The summed E-state index contributed by atoms with van der Waals surface area (Å²) in [6.07, 6.45) is 1.59. The molecule has 4 nitrogen and oxygen atoms in total. The van der Waals surface area contributed by atoms with Gasteiger partial charge in [0.15, 0.2) is 0 Å². The summed E-state index contributed by atoms with van der Waals surface area (Å²) in [5.41, 5.74) is 4.03. The maximum atomic E-state index is 10.9. The van der Waals surface area contributed by atoms with Crippen molar-refractivity contribution in [2.45, 2.75) is 26.8 Å². The third-order valence-electron chi connectivity index (χ3n) is 2.96. The molecule has 0 spiro atoms. The molecule has 1 aromatic heterocycles. The van der Waals surface area contributed by atoms with Gasteiger partial charge in [0.05, 0.1) is 17.4 Å². The SMILES string of the molecule is Cc1cc2ncn([C@@H](C)C(=O)O)c2cc1C. The number of carbonyl (C=O) groups is 1. The monoisotopic (exact) mass is 218 g/mol. The molecule has 2 aromatic rings. The first-order valence-corrected chi connectivity index (χ1v) is 5.17. The van der Waals surface area contributed by atoms with Crippen LogP contribution in [0.4, 0.5) is 0 Å². The molecular weight excluding hydrogens is 204 g/mol. The van der Waals surface area contributed by atoms with E-state index < -0.39 is 12.0 Å². The van der Waals surface area contributed by atoms with Gasteiger partial charge in [-0.3, -0.25) is 0 Å². The van der Waals surface area contributed by atoms with Crippen LogP contribution in [-0.4, -0.2) is 20.6 Å². The van der Waals surface area contributed by atoms with E-state index >= 15 is 0 Å². The molecule has 0 saturated carbocycles. The van der Waals surface area contributed by atoms with Crippen LogP contribution in [0.15, 0.2) is 18.5 Å². The second-order valence-electron chi connectivity index (χ2n) is 4.09. The highest BCUT2D eigenvalue weighted by atomic mass is 16.4. The number of fused-ring (bicyclic) bond motifs is 1. The Hall–Kier alpha value is -1.84. The zero-order chi connectivity index (χ0) is 11.9. The predicted octanol–water partition coefficient (Wildman–Crippen LogP) is 2.30. The largest absolute Gasteiger partial charge is 0.480 e. The van der Waals surface area contributed by atoms with Gasteiger partial charge in [-0.15, -0.1) is 0 Å². The maximum absolute atomic E-state index is 10.9. The van der Waals surface area contributed by atoms with Crippen molar-refractivity contribution in [3.05, 3.63) is 29.6 Å². The lowest BCUT2D eigenvalue weighted by Gasteiger charge is -2.09. The minimum absolute atomic E-state index is 0.591. The third-order valence-corrected chi connectivity index (χ3v) is 2.96. The van der Waals surface area contributed by atoms with Crippen LogP contribution in [0.5, 0.6) is 0 Å². The lowest BCUT2D eigenvalue weighted by molar-refractivity contribution is -0.140. The molecule has 2 rings (SSSR count). The highest BCUT2D eigenvalue weighted by molar-refractivity contribution is 5.80. The highest BCUT2D eigenvalue weighted by Crippen LogP contribution is 2.21. The fraction of sp³-hybridized carbons (Fsp3) is 0.333. The third kappa shape index (κ3) is 1.56. The fourth-order valence-corrected chi connectivity index (χ4v) is 1.71. The first kappa shape index (κ1) is 10.7. The Kier molecular flexibility index (Phi) is 2.42. The molecule has 0 aliphatic carbocycles. The van der Waals surface area contributed by atoms with E-state index in [-0.39, 0.29) is 0 Å². The summed E-state index contributed by atoms with van der Waals surface area (Å²) < 4.78 is 1.68. The summed E-state index contributed by atoms with van der Waals surface area (Å²) in [6.45, 7) is 5.69. The predicted molar refractivity (Wildman–Crippen MR) is 61.6 cm³/mol. The van der Waals surface area contributed by atoms with Gasteiger partial charge in [-0.05, 0) is 44.0 Å². The molecule has 0 radical (unpaired) electrons. The van der Waals surface area contributed by atoms with Crippen LogP contribution in [0, 0.1) is 13.8 Å². The molecule has 0 bridgehead atoms. The Labute approximate surface area is 93.5 Å². The molecule has 84 valence electrons. The number of aryl methyl sites for hydroxylation is 2. The van der Waals surface area contributed by atoms with E-state index in [1.807, 2.05) is 26.0 Å². The molecule has 0 aliphatic heterocycles. The van der Waals surface area contributed by atoms with Gasteiger partial charge in [0.2, 0.25) is 0 Å². The number of carboxylic acid groups (broad SMARTS) is 1. The van der Waals surface area contributed by atoms with Crippen LogP contribution in [0.25, 0.3) is 11.0 Å². The number of aliphatic carboxylic acids is 1. The first-order valence-electron chi connectivity index (χ1n) is 5.17. The number of aromatic nitrogens is 2. The topological polar surface area (TPSA) is 55.1 Å². The zero-order valence-corrected chi connectivity index (χ0v) is 9.56. The van der Waals surface area contributed by atoms with Crippen LogP contribution in [0.3, 0.4) is 0 Å². The van der Waals surface area contributed by atoms with Crippen molar-refractivity contribution < 1.29 is 9.90 Å². The van der Waals surface area contributed by atoms with Crippen LogP contribution >= 0.6 is 0 Å². The van der Waals surface area contributed by atoms with Crippen molar-refractivity contribution in [3.63, 3.8) is 0 Å². The van der Waals surface area contributed by atoms with Gasteiger partial charge in [0, 0.05) is 0 Å². The van der Waals surface area contributed by atoms with Crippen LogP contribution < -0.4 is 0 Å². The molecule has 4 heteroatoms. The van der Waals surface area contributed by atoms with E-state index in [0.29, 0.717) is 0 Å². The van der Waals surface area contributed by atoms with Gasteiger partial charge in [-0.2, -0.15) is 0 Å². The van der Waals surface area contributed by atoms with Crippen LogP contribution in [0.1, 0.15) is 24.1 Å². The average Bonchev–Trinajstić information content (AvgIpc) is 2.60. The normalized spacial score (nSPS) is 12.9. The van der Waals surface area contributed by atoms with E-state index in [1.54, 1.807) is 17.8 Å². The summed E-state index contributed by atoms with van der Waals surface area (Å²) in [7, 11) is 0. The first-order chi connectivity index (χ1) is 7.50. The second-order valence-corrected chi connectivity index (χ2v) is 4.09. The minimum Gasteiger partial charge on any atom is -0.480 e. The molecule has 0 fully saturated rings. The van der Waals surface area contributed by atoms with Crippen molar-refractivity contribution in [2.75, 3.05) is 0 Å². The Morgan fingerprint density at radius 3 is 2.62 bits per heavy atom. The van der Waals surface area contributed by atoms with E-state index in [4.69, 9.17) is 5.11 Å². The molecule has 1 aromatic carbocycles. The summed E-state index contributed by atoms with van der Waals surface area (Å²) >= 11 is 0. The zero-order valence-electron chi connectivity index (χ0n) is 9.56. The van der Waals surface area contributed by atoms with Crippen LogP contribution in [0.2, 0.25) is 0 Å². The lowest BCUT2D eigenvalue weighted by atomic mass is 10.1. The fourth-order valence-electron chi connectivity index (χ4n) is 1.71. The standard InChI is InChI=1S/C12H14N2O2/c1-7-4-10-11(5-8(7)2)14(6-13-10)9(3)12(15)16/h4-6,9H,1-3H3,(H,15,16)/t9-/m0/s1.